The zero-order valence-electron chi connectivity index (χ0n) is 8.85. The summed E-state index contributed by atoms with van der Waals surface area (Å²) in [6, 6.07) is 0. The predicted molar refractivity (Wildman–Crippen MR) is 49.5 cm³/mol. The fourth-order valence-corrected chi connectivity index (χ4v) is 0.663. The number of hydrogen-bond donors (Lipinski definition) is 1. The Morgan fingerprint density at radius 3 is 2.46 bits per heavy atom. The van der Waals surface area contributed by atoms with Crippen LogP contribution < -0.4 is 5.64 Å². The van der Waals surface area contributed by atoms with Crippen LogP contribution >= 0.6 is 0 Å². The van der Waals surface area contributed by atoms with Gasteiger partial charge in [0.15, 0.2) is 0 Å². The van der Waals surface area contributed by atoms with Crippen molar-refractivity contribution >= 4 is 5.97 Å². The molecule has 0 aromatic rings. The number of hydrogen-bond acceptors (Lipinski definition) is 4. The van der Waals surface area contributed by atoms with Crippen molar-refractivity contribution in [2.24, 2.45) is 5.41 Å². The summed E-state index contributed by atoms with van der Waals surface area (Å²) in [6.07, 6.45) is 1.21. The van der Waals surface area contributed by atoms with Crippen LogP contribution in [0.15, 0.2) is 0 Å². The molecular formula is C9H19NO3. The molecule has 4 nitrogen and oxygen atoms in total. The maximum atomic E-state index is 11.0. The van der Waals surface area contributed by atoms with E-state index in [0.29, 0.717) is 13.0 Å². The topological polar surface area (TPSA) is 47.6 Å². The second-order valence-corrected chi connectivity index (χ2v) is 4.05. The molecule has 0 spiro atoms. The van der Waals surface area contributed by atoms with Gasteiger partial charge in [0.25, 0.3) is 0 Å². The van der Waals surface area contributed by atoms with Gasteiger partial charge in [-0.1, -0.05) is 20.8 Å². The minimum absolute atomic E-state index is 0.157. The maximum Gasteiger partial charge on any atom is 0.327 e. The van der Waals surface area contributed by atoms with Gasteiger partial charge >= 0.3 is 5.97 Å². The monoisotopic (exact) mass is 189 g/mol. The Kier molecular flexibility index (Phi) is 5.66. The second kappa shape index (κ2) is 5.94. The molecule has 0 amide bonds. The highest BCUT2D eigenvalue weighted by atomic mass is 16.9. The first kappa shape index (κ1) is 12.4. The highest BCUT2D eigenvalue weighted by Crippen LogP contribution is 2.20. The van der Waals surface area contributed by atoms with Gasteiger partial charge in [0, 0.05) is 6.42 Å². The Balaban J connectivity index is 3.41. The highest BCUT2D eigenvalue weighted by molar-refractivity contribution is 5.68. The van der Waals surface area contributed by atoms with E-state index in [1.54, 1.807) is 6.92 Å². The van der Waals surface area contributed by atoms with Gasteiger partial charge in [-0.2, -0.15) is 0 Å². The van der Waals surface area contributed by atoms with Crippen LogP contribution in [0.4, 0.5) is 0 Å². The Labute approximate surface area is 79.5 Å². The lowest BCUT2D eigenvalue weighted by Gasteiger charge is -2.16. The largest absolute Gasteiger partial charge is 0.345 e. The van der Waals surface area contributed by atoms with Crippen molar-refractivity contribution < 1.29 is 14.5 Å². The minimum atomic E-state index is -0.289. The molecular weight excluding hydrogens is 170 g/mol. The molecule has 4 heteroatoms. The minimum Gasteiger partial charge on any atom is -0.345 e. The van der Waals surface area contributed by atoms with Gasteiger partial charge in [-0.15, -0.1) is 0 Å². The third-order valence-corrected chi connectivity index (χ3v) is 1.44. The fourth-order valence-electron chi connectivity index (χ4n) is 0.663. The predicted octanol–water partition coefficient (Wildman–Crippen LogP) is 1.81. The first-order chi connectivity index (χ1) is 5.95. The van der Waals surface area contributed by atoms with Gasteiger partial charge in [-0.3, -0.25) is 9.63 Å². The lowest BCUT2D eigenvalue weighted by molar-refractivity contribution is -0.190. The summed E-state index contributed by atoms with van der Waals surface area (Å²) >= 11 is 0. The van der Waals surface area contributed by atoms with E-state index in [-0.39, 0.29) is 11.4 Å². The third kappa shape index (κ3) is 9.30. The molecule has 78 valence electrons. The smallest absolute Gasteiger partial charge is 0.327 e. The van der Waals surface area contributed by atoms with Crippen molar-refractivity contribution in [3.8, 4) is 0 Å². The van der Waals surface area contributed by atoms with Crippen LogP contribution in [0.25, 0.3) is 0 Å². The van der Waals surface area contributed by atoms with Crippen molar-refractivity contribution in [3.05, 3.63) is 0 Å². The zero-order valence-corrected chi connectivity index (χ0v) is 8.85. The highest BCUT2D eigenvalue weighted by Gasteiger charge is 2.13. The van der Waals surface area contributed by atoms with Crippen molar-refractivity contribution in [1.82, 2.24) is 5.64 Å². The molecule has 0 aromatic carbocycles. The van der Waals surface area contributed by atoms with E-state index in [1.165, 1.54) is 0 Å². The molecule has 0 radical (unpaired) electrons. The van der Waals surface area contributed by atoms with Crippen LogP contribution in [-0.4, -0.2) is 12.6 Å². The van der Waals surface area contributed by atoms with Crippen molar-refractivity contribution in [3.63, 3.8) is 0 Å². The fraction of sp³-hybridized carbons (Fsp3) is 0.889. The van der Waals surface area contributed by atoms with Gasteiger partial charge in [-0.25, -0.2) is 0 Å². The lowest BCUT2D eigenvalue weighted by atomic mass is 9.91. The number of nitrogens with one attached hydrogen (secondary N) is 1. The van der Waals surface area contributed by atoms with Crippen molar-refractivity contribution in [2.75, 3.05) is 6.61 Å². The number of carbonyl (C=O) groups excluding carboxylic acids is 1. The molecule has 0 aliphatic carbocycles. The van der Waals surface area contributed by atoms with Gasteiger partial charge < -0.3 is 4.84 Å². The van der Waals surface area contributed by atoms with Crippen LogP contribution in [0.3, 0.4) is 0 Å². The van der Waals surface area contributed by atoms with E-state index in [1.807, 2.05) is 0 Å². The van der Waals surface area contributed by atoms with E-state index in [9.17, 15) is 4.79 Å². The first-order valence-electron chi connectivity index (χ1n) is 4.52. The average Bonchev–Trinajstić information content (AvgIpc) is 2.00. The van der Waals surface area contributed by atoms with Crippen LogP contribution in [0.5, 0.6) is 0 Å². The summed E-state index contributed by atoms with van der Waals surface area (Å²) in [5, 5.41) is 0. The SMILES string of the molecule is CCONOC(=O)CCC(C)(C)C. The van der Waals surface area contributed by atoms with E-state index in [2.05, 4.69) is 36.1 Å². The number of rotatable bonds is 5. The lowest BCUT2D eigenvalue weighted by Crippen LogP contribution is -2.21. The summed E-state index contributed by atoms with van der Waals surface area (Å²) < 4.78 is 0. The van der Waals surface area contributed by atoms with Crippen LogP contribution in [0.1, 0.15) is 40.5 Å². The molecule has 0 rings (SSSR count). The van der Waals surface area contributed by atoms with Gasteiger partial charge in [0.2, 0.25) is 0 Å². The van der Waals surface area contributed by atoms with Crippen LogP contribution in [0, 0.1) is 5.41 Å². The van der Waals surface area contributed by atoms with Crippen molar-refractivity contribution in [2.45, 2.75) is 40.5 Å². The van der Waals surface area contributed by atoms with E-state index < -0.39 is 0 Å². The van der Waals surface area contributed by atoms with E-state index >= 15 is 0 Å². The molecule has 0 bridgehead atoms. The summed E-state index contributed by atoms with van der Waals surface area (Å²) in [6.45, 7) is 8.51. The molecule has 0 atom stereocenters. The third-order valence-electron chi connectivity index (χ3n) is 1.44. The molecule has 13 heavy (non-hydrogen) atoms. The summed E-state index contributed by atoms with van der Waals surface area (Å²) in [4.78, 5) is 20.2. The Morgan fingerprint density at radius 2 is 2.00 bits per heavy atom. The summed E-state index contributed by atoms with van der Waals surface area (Å²) in [5.41, 5.74) is 2.28. The van der Waals surface area contributed by atoms with Crippen LogP contribution in [0.2, 0.25) is 0 Å². The van der Waals surface area contributed by atoms with E-state index in [0.717, 1.165) is 6.42 Å². The molecule has 0 aliphatic rings. The molecule has 0 saturated heterocycles. The standard InChI is InChI=1S/C9H19NO3/c1-5-12-10-13-8(11)6-7-9(2,3)4/h10H,5-7H2,1-4H3. The van der Waals surface area contributed by atoms with E-state index in [4.69, 9.17) is 0 Å². The normalized spacial score (nSPS) is 11.4. The second-order valence-electron chi connectivity index (χ2n) is 4.05. The average molecular weight is 189 g/mol. The summed E-state index contributed by atoms with van der Waals surface area (Å²) in [5.74, 6) is -0.289. The Morgan fingerprint density at radius 1 is 1.38 bits per heavy atom. The van der Waals surface area contributed by atoms with Gasteiger partial charge in [0.1, 0.15) is 0 Å². The Hall–Kier alpha value is -0.610. The molecule has 0 saturated carbocycles. The molecule has 0 heterocycles. The van der Waals surface area contributed by atoms with Gasteiger partial charge in [0.05, 0.1) is 6.61 Å². The molecule has 0 aliphatic heterocycles. The first-order valence-corrected chi connectivity index (χ1v) is 4.52. The molecule has 1 N–H and O–H groups in total. The van der Waals surface area contributed by atoms with Crippen LogP contribution in [-0.2, 0) is 14.5 Å². The molecule has 0 fully saturated rings. The Bertz CT molecular complexity index is 151. The molecule has 0 aromatic heterocycles. The molecule has 0 unspecified atom stereocenters. The number of carbonyl (C=O) groups is 1. The van der Waals surface area contributed by atoms with Gasteiger partial charge in [-0.05, 0) is 24.4 Å². The maximum absolute atomic E-state index is 11.0. The van der Waals surface area contributed by atoms with Crippen molar-refractivity contribution in [1.29, 1.82) is 0 Å². The zero-order chi connectivity index (χ0) is 10.3. The summed E-state index contributed by atoms with van der Waals surface area (Å²) in [7, 11) is 0. The quantitative estimate of drug-likeness (QED) is 0.529.